The van der Waals surface area contributed by atoms with Crippen LogP contribution in [0.3, 0.4) is 0 Å². The summed E-state index contributed by atoms with van der Waals surface area (Å²) in [6, 6.07) is 12.8. The van der Waals surface area contributed by atoms with E-state index < -0.39 is 34.6 Å². The van der Waals surface area contributed by atoms with Crippen molar-refractivity contribution in [2.45, 2.75) is 6.18 Å². The van der Waals surface area contributed by atoms with Crippen molar-refractivity contribution in [2.24, 2.45) is 7.05 Å². The van der Waals surface area contributed by atoms with Crippen molar-refractivity contribution >= 4 is 10.8 Å². The minimum absolute atomic E-state index is 0.00366. The number of ether oxygens (including phenoxy) is 1. The van der Waals surface area contributed by atoms with Gasteiger partial charge < -0.3 is 9.84 Å². The van der Waals surface area contributed by atoms with Gasteiger partial charge >= 0.3 is 11.9 Å². The molecule has 0 aliphatic rings. The summed E-state index contributed by atoms with van der Waals surface area (Å²) in [7, 11) is 0.796. The van der Waals surface area contributed by atoms with Crippen molar-refractivity contribution < 1.29 is 27.4 Å². The van der Waals surface area contributed by atoms with E-state index in [0.29, 0.717) is 11.5 Å². The first-order valence-electron chi connectivity index (χ1n) is 9.54. The van der Waals surface area contributed by atoms with Crippen LogP contribution in [0.15, 0.2) is 64.2 Å². The molecule has 0 bridgehead atoms. The number of nitrogens with zero attached hydrogens (tertiary/aromatic N) is 3. The Morgan fingerprint density at radius 1 is 1.00 bits per heavy atom. The van der Waals surface area contributed by atoms with Gasteiger partial charge in [-0.05, 0) is 41.1 Å². The van der Waals surface area contributed by atoms with Crippen LogP contribution in [0.1, 0.15) is 11.3 Å². The molecule has 0 saturated heterocycles. The van der Waals surface area contributed by atoms with Gasteiger partial charge in [-0.3, -0.25) is 9.36 Å². The largest absolute Gasteiger partial charge is 0.508 e. The summed E-state index contributed by atoms with van der Waals surface area (Å²) in [4.78, 5) is 24.9. The molecule has 4 aromatic rings. The fourth-order valence-electron chi connectivity index (χ4n) is 3.41. The molecule has 1 aromatic heterocycles. The second-order valence-electron chi connectivity index (χ2n) is 7.25. The molecule has 34 heavy (non-hydrogen) atoms. The van der Waals surface area contributed by atoms with Crippen LogP contribution in [-0.2, 0) is 13.2 Å². The number of fused-ring (bicyclic) bond motifs is 1. The van der Waals surface area contributed by atoms with E-state index in [1.165, 1.54) is 24.3 Å². The SMILES string of the molecule is Cn1c(C(F)(F)F)cc(=O)n(-c2cc(Oc3ccc4ccc(O)cc4c3)c(C#N)cc2F)c1=O. The van der Waals surface area contributed by atoms with E-state index >= 15 is 0 Å². The van der Waals surface area contributed by atoms with Crippen molar-refractivity contribution in [1.29, 1.82) is 5.26 Å². The van der Waals surface area contributed by atoms with Gasteiger partial charge in [0.15, 0.2) is 0 Å². The molecule has 172 valence electrons. The van der Waals surface area contributed by atoms with Crippen molar-refractivity contribution in [2.75, 3.05) is 0 Å². The highest BCUT2D eigenvalue weighted by Gasteiger charge is 2.35. The molecule has 3 aromatic carbocycles. The first-order valence-corrected chi connectivity index (χ1v) is 9.54. The highest BCUT2D eigenvalue weighted by molar-refractivity contribution is 5.85. The first-order chi connectivity index (χ1) is 16.0. The van der Waals surface area contributed by atoms with Gasteiger partial charge in [0.05, 0.1) is 11.3 Å². The summed E-state index contributed by atoms with van der Waals surface area (Å²) in [5.74, 6) is -1.25. The molecule has 0 unspecified atom stereocenters. The van der Waals surface area contributed by atoms with Gasteiger partial charge in [0, 0.05) is 19.2 Å². The van der Waals surface area contributed by atoms with Gasteiger partial charge in [-0.15, -0.1) is 0 Å². The Hall–Kier alpha value is -4.59. The van der Waals surface area contributed by atoms with Crippen LogP contribution in [0, 0.1) is 17.1 Å². The Kier molecular flexibility index (Phi) is 5.37. The van der Waals surface area contributed by atoms with Crippen molar-refractivity contribution in [1.82, 2.24) is 9.13 Å². The summed E-state index contributed by atoms with van der Waals surface area (Å²) in [6.07, 6.45) is -4.98. The molecule has 0 amide bonds. The maximum atomic E-state index is 14.8. The molecule has 0 spiro atoms. The molecule has 0 saturated carbocycles. The molecule has 0 fully saturated rings. The normalized spacial score (nSPS) is 11.4. The van der Waals surface area contributed by atoms with Crippen LogP contribution in [-0.4, -0.2) is 14.2 Å². The Labute approximate surface area is 187 Å². The Balaban J connectivity index is 1.87. The predicted octanol–water partition coefficient (Wildman–Crippen LogP) is 4.22. The number of rotatable bonds is 3. The maximum Gasteiger partial charge on any atom is 0.431 e. The van der Waals surface area contributed by atoms with Gasteiger partial charge in [-0.1, -0.05) is 12.1 Å². The number of aromatic nitrogens is 2. The summed E-state index contributed by atoms with van der Waals surface area (Å²) in [6.45, 7) is 0. The lowest BCUT2D eigenvalue weighted by molar-refractivity contribution is -0.144. The number of halogens is 4. The molecule has 1 heterocycles. The average molecular weight is 471 g/mol. The molecular formula is C23H13F4N3O4. The van der Waals surface area contributed by atoms with Crippen molar-refractivity contribution in [3.8, 4) is 29.0 Å². The number of hydrogen-bond acceptors (Lipinski definition) is 5. The lowest BCUT2D eigenvalue weighted by atomic mass is 10.1. The lowest BCUT2D eigenvalue weighted by Crippen LogP contribution is -2.41. The summed E-state index contributed by atoms with van der Waals surface area (Å²) in [5.41, 5.74) is -5.31. The van der Waals surface area contributed by atoms with Gasteiger partial charge in [-0.25, -0.2) is 13.8 Å². The maximum absolute atomic E-state index is 14.8. The number of nitriles is 1. The van der Waals surface area contributed by atoms with E-state index in [0.717, 1.165) is 18.5 Å². The van der Waals surface area contributed by atoms with Crippen LogP contribution in [0.2, 0.25) is 0 Å². The Morgan fingerprint density at radius 2 is 1.71 bits per heavy atom. The van der Waals surface area contributed by atoms with E-state index in [-0.39, 0.29) is 38.0 Å². The molecule has 11 heteroatoms. The number of aromatic hydroxyl groups is 1. The summed E-state index contributed by atoms with van der Waals surface area (Å²) >= 11 is 0. The molecular weight excluding hydrogens is 458 g/mol. The molecule has 4 rings (SSSR count). The highest BCUT2D eigenvalue weighted by atomic mass is 19.4. The van der Waals surface area contributed by atoms with Crippen molar-refractivity contribution in [3.63, 3.8) is 0 Å². The molecule has 1 N–H and O–H groups in total. The topological polar surface area (TPSA) is 97.2 Å². The first kappa shape index (κ1) is 22.6. The van der Waals surface area contributed by atoms with E-state index in [1.807, 2.05) is 0 Å². The van der Waals surface area contributed by atoms with E-state index in [4.69, 9.17) is 4.74 Å². The zero-order chi connectivity index (χ0) is 24.8. The molecule has 0 aliphatic carbocycles. The monoisotopic (exact) mass is 471 g/mol. The second-order valence-corrected chi connectivity index (χ2v) is 7.25. The minimum atomic E-state index is -4.98. The molecule has 0 atom stereocenters. The van der Waals surface area contributed by atoms with Crippen LogP contribution >= 0.6 is 0 Å². The predicted molar refractivity (Wildman–Crippen MR) is 113 cm³/mol. The van der Waals surface area contributed by atoms with Gasteiger partial charge in [0.2, 0.25) is 0 Å². The zero-order valence-electron chi connectivity index (χ0n) is 17.2. The number of benzene rings is 3. The lowest BCUT2D eigenvalue weighted by Gasteiger charge is -2.15. The van der Waals surface area contributed by atoms with E-state index in [9.17, 15) is 37.5 Å². The third-order valence-corrected chi connectivity index (χ3v) is 5.04. The number of hydrogen-bond donors (Lipinski definition) is 1. The minimum Gasteiger partial charge on any atom is -0.508 e. The van der Waals surface area contributed by atoms with Crippen LogP contribution in [0.25, 0.3) is 16.5 Å². The van der Waals surface area contributed by atoms with Crippen LogP contribution in [0.4, 0.5) is 17.6 Å². The van der Waals surface area contributed by atoms with Gasteiger partial charge in [0.25, 0.3) is 5.56 Å². The van der Waals surface area contributed by atoms with Gasteiger partial charge in [0.1, 0.15) is 34.8 Å². The standard InChI is InChI=1S/C23H13F4N3O4/c1-29-20(23(25,26)27)10-21(32)30(22(29)33)18-9-19(14(11-28)8-17(18)24)34-16-5-3-12-2-4-15(31)6-13(12)7-16/h2-10,31H,1H3. The van der Waals surface area contributed by atoms with E-state index in [1.54, 1.807) is 18.2 Å². The van der Waals surface area contributed by atoms with E-state index in [2.05, 4.69) is 0 Å². The molecule has 0 aliphatic heterocycles. The third kappa shape index (κ3) is 3.97. The summed E-state index contributed by atoms with van der Waals surface area (Å²) in [5, 5.41) is 20.4. The Bertz CT molecular complexity index is 1610. The molecule has 7 nitrogen and oxygen atoms in total. The zero-order valence-corrected chi connectivity index (χ0v) is 17.2. The van der Waals surface area contributed by atoms with Gasteiger partial charge in [-0.2, -0.15) is 18.4 Å². The second kappa shape index (κ2) is 8.08. The smallest absolute Gasteiger partial charge is 0.431 e. The van der Waals surface area contributed by atoms with Crippen molar-refractivity contribution in [3.05, 3.63) is 92.5 Å². The number of phenolic OH excluding ortho intramolecular Hbond substituents is 1. The average Bonchev–Trinajstić information content (AvgIpc) is 2.77. The quantitative estimate of drug-likeness (QED) is 0.452. The highest BCUT2D eigenvalue weighted by Crippen LogP contribution is 2.32. The fourth-order valence-corrected chi connectivity index (χ4v) is 3.41. The number of alkyl halides is 3. The third-order valence-electron chi connectivity index (χ3n) is 5.04. The summed E-state index contributed by atoms with van der Waals surface area (Å²) < 4.78 is 60.2. The van der Waals surface area contributed by atoms with Crippen LogP contribution in [0.5, 0.6) is 17.2 Å². The Morgan fingerprint density at radius 3 is 2.38 bits per heavy atom. The number of phenols is 1. The molecule has 0 radical (unpaired) electrons. The van der Waals surface area contributed by atoms with Crippen LogP contribution < -0.4 is 16.0 Å². The fraction of sp³-hybridized carbons (Fsp3) is 0.0870.